The second kappa shape index (κ2) is 3.48. The van der Waals surface area contributed by atoms with Crippen molar-refractivity contribution in [3.05, 3.63) is 29.6 Å². The molecular weight excluding hydrogens is 197 g/mol. The molecule has 1 saturated carbocycles. The summed E-state index contributed by atoms with van der Waals surface area (Å²) in [5, 5.41) is 9.08. The Kier molecular flexibility index (Phi) is 2.29. The van der Waals surface area contributed by atoms with Crippen molar-refractivity contribution >= 4 is 6.08 Å². The third-order valence-electron chi connectivity index (χ3n) is 2.89. The van der Waals surface area contributed by atoms with Crippen LogP contribution < -0.4 is 0 Å². The fraction of sp³-hybridized carbons (Fsp3) is 0.364. The van der Waals surface area contributed by atoms with Crippen molar-refractivity contribution in [3.63, 3.8) is 0 Å². The van der Waals surface area contributed by atoms with Gasteiger partial charge >= 0.3 is 0 Å². The molecule has 1 aliphatic rings. The van der Waals surface area contributed by atoms with Crippen LogP contribution in [0.15, 0.2) is 23.2 Å². The molecule has 3 nitrogen and oxygen atoms in total. The maximum atomic E-state index is 13.5. The van der Waals surface area contributed by atoms with E-state index < -0.39 is 11.4 Å². The van der Waals surface area contributed by atoms with Crippen molar-refractivity contribution in [3.8, 4) is 5.75 Å². The summed E-state index contributed by atoms with van der Waals surface area (Å²) in [4.78, 5) is 14.0. The number of nitrogens with zero attached hydrogens (tertiary/aromatic N) is 1. The summed E-state index contributed by atoms with van der Waals surface area (Å²) in [7, 11) is 0. The summed E-state index contributed by atoms with van der Waals surface area (Å²) in [5.74, 6) is -0.644. The molecule has 0 spiro atoms. The first-order valence-corrected chi connectivity index (χ1v) is 4.76. The van der Waals surface area contributed by atoms with Crippen LogP contribution in [0.1, 0.15) is 24.8 Å². The van der Waals surface area contributed by atoms with Crippen LogP contribution in [0.4, 0.5) is 4.39 Å². The lowest BCUT2D eigenvalue weighted by atomic mass is 9.72. The van der Waals surface area contributed by atoms with E-state index in [0.29, 0.717) is 18.4 Å². The molecule has 0 unspecified atom stereocenters. The second-order valence-corrected chi connectivity index (χ2v) is 3.75. The third kappa shape index (κ3) is 1.53. The first-order chi connectivity index (χ1) is 7.18. The summed E-state index contributed by atoms with van der Waals surface area (Å²) in [6, 6.07) is 3.92. The lowest BCUT2D eigenvalue weighted by Gasteiger charge is -2.37. The van der Waals surface area contributed by atoms with E-state index >= 15 is 0 Å². The highest BCUT2D eigenvalue weighted by Crippen LogP contribution is 2.45. The van der Waals surface area contributed by atoms with Crippen LogP contribution in [0, 0.1) is 5.82 Å². The van der Waals surface area contributed by atoms with Crippen LogP contribution in [0.2, 0.25) is 0 Å². The van der Waals surface area contributed by atoms with Crippen molar-refractivity contribution in [2.45, 2.75) is 24.8 Å². The molecule has 0 radical (unpaired) electrons. The van der Waals surface area contributed by atoms with Crippen LogP contribution in [0.3, 0.4) is 0 Å². The Labute approximate surface area is 86.3 Å². The van der Waals surface area contributed by atoms with Gasteiger partial charge < -0.3 is 5.11 Å². The summed E-state index contributed by atoms with van der Waals surface area (Å²) in [6.45, 7) is 0. The number of aromatic hydroxyl groups is 1. The van der Waals surface area contributed by atoms with Crippen LogP contribution in [0.25, 0.3) is 0 Å². The Hall–Kier alpha value is -1.67. The highest BCUT2D eigenvalue weighted by atomic mass is 19.1. The van der Waals surface area contributed by atoms with Gasteiger partial charge in [-0.1, -0.05) is 0 Å². The van der Waals surface area contributed by atoms with Gasteiger partial charge in [0.25, 0.3) is 0 Å². The van der Waals surface area contributed by atoms with E-state index in [9.17, 15) is 9.18 Å². The van der Waals surface area contributed by atoms with E-state index in [0.717, 1.165) is 12.5 Å². The average molecular weight is 207 g/mol. The van der Waals surface area contributed by atoms with Gasteiger partial charge in [-0.05, 0) is 31.4 Å². The van der Waals surface area contributed by atoms with Gasteiger partial charge in [0.1, 0.15) is 17.1 Å². The number of aliphatic imine (C=N–C) groups is 1. The SMILES string of the molecule is O=C=NC1(c2ccc(O)cc2F)CCC1. The fourth-order valence-electron chi connectivity index (χ4n) is 1.92. The van der Waals surface area contributed by atoms with Gasteiger partial charge in [0, 0.05) is 11.6 Å². The van der Waals surface area contributed by atoms with Crippen molar-refractivity contribution < 1.29 is 14.3 Å². The minimum absolute atomic E-state index is 0.124. The number of benzene rings is 1. The summed E-state index contributed by atoms with van der Waals surface area (Å²) >= 11 is 0. The number of halogens is 1. The largest absolute Gasteiger partial charge is 0.508 e. The fourth-order valence-corrected chi connectivity index (χ4v) is 1.92. The Morgan fingerprint density at radius 3 is 2.67 bits per heavy atom. The van der Waals surface area contributed by atoms with Crippen LogP contribution in [-0.4, -0.2) is 11.2 Å². The lowest BCUT2D eigenvalue weighted by molar-refractivity contribution is 0.247. The second-order valence-electron chi connectivity index (χ2n) is 3.75. The zero-order valence-electron chi connectivity index (χ0n) is 8.03. The number of phenolic OH excluding ortho intramolecular Hbond substituents is 1. The minimum atomic E-state index is -0.737. The molecule has 78 valence electrons. The average Bonchev–Trinajstić information content (AvgIpc) is 2.12. The normalized spacial score (nSPS) is 17.7. The van der Waals surface area contributed by atoms with E-state index in [-0.39, 0.29) is 5.75 Å². The van der Waals surface area contributed by atoms with Crippen LogP contribution in [0.5, 0.6) is 5.75 Å². The maximum Gasteiger partial charge on any atom is 0.235 e. The van der Waals surface area contributed by atoms with Gasteiger partial charge in [-0.25, -0.2) is 9.18 Å². The minimum Gasteiger partial charge on any atom is -0.508 e. The standard InChI is InChI=1S/C11H10FNO2/c12-10-6-8(15)2-3-9(10)11(13-7-14)4-1-5-11/h2-3,6,15H,1,4-5H2. The molecule has 0 amide bonds. The van der Waals surface area contributed by atoms with E-state index in [1.165, 1.54) is 18.2 Å². The third-order valence-corrected chi connectivity index (χ3v) is 2.89. The summed E-state index contributed by atoms with van der Waals surface area (Å²) < 4.78 is 13.5. The van der Waals surface area contributed by atoms with Crippen molar-refractivity contribution in [1.82, 2.24) is 0 Å². The van der Waals surface area contributed by atoms with E-state index in [1.807, 2.05) is 0 Å². The number of hydrogen-bond acceptors (Lipinski definition) is 3. The Morgan fingerprint density at radius 1 is 1.47 bits per heavy atom. The molecule has 1 aliphatic carbocycles. The number of isocyanates is 1. The van der Waals surface area contributed by atoms with E-state index in [4.69, 9.17) is 5.11 Å². The molecular formula is C11H10FNO2. The Balaban J connectivity index is 2.47. The van der Waals surface area contributed by atoms with Gasteiger partial charge in [-0.2, -0.15) is 4.99 Å². The topological polar surface area (TPSA) is 49.7 Å². The zero-order valence-corrected chi connectivity index (χ0v) is 8.03. The monoisotopic (exact) mass is 207 g/mol. The molecule has 15 heavy (non-hydrogen) atoms. The first kappa shape index (κ1) is 9.87. The molecule has 1 aromatic carbocycles. The zero-order chi connectivity index (χ0) is 10.9. The van der Waals surface area contributed by atoms with Crippen LogP contribution in [-0.2, 0) is 10.3 Å². The molecule has 0 heterocycles. The highest BCUT2D eigenvalue weighted by Gasteiger charge is 2.40. The Bertz CT molecular complexity index is 434. The first-order valence-electron chi connectivity index (χ1n) is 4.76. The predicted octanol–water partition coefficient (Wildman–Crippen LogP) is 2.25. The predicted molar refractivity (Wildman–Crippen MR) is 51.7 cm³/mol. The maximum absolute atomic E-state index is 13.5. The van der Waals surface area contributed by atoms with Crippen LogP contribution >= 0.6 is 0 Å². The number of hydrogen-bond donors (Lipinski definition) is 1. The number of phenols is 1. The quantitative estimate of drug-likeness (QED) is 0.597. The molecule has 0 atom stereocenters. The van der Waals surface area contributed by atoms with Gasteiger partial charge in [0.05, 0.1) is 0 Å². The molecule has 2 rings (SSSR count). The molecule has 0 aliphatic heterocycles. The molecule has 0 aromatic heterocycles. The Morgan fingerprint density at radius 2 is 2.20 bits per heavy atom. The van der Waals surface area contributed by atoms with E-state index in [2.05, 4.69) is 4.99 Å². The summed E-state index contributed by atoms with van der Waals surface area (Å²) in [5.41, 5.74) is -0.366. The van der Waals surface area contributed by atoms with Crippen molar-refractivity contribution in [2.24, 2.45) is 4.99 Å². The molecule has 4 heteroatoms. The number of rotatable bonds is 2. The van der Waals surface area contributed by atoms with Gasteiger partial charge in [0.2, 0.25) is 6.08 Å². The van der Waals surface area contributed by atoms with Gasteiger partial charge in [0.15, 0.2) is 0 Å². The lowest BCUT2D eigenvalue weighted by Crippen LogP contribution is -2.32. The summed E-state index contributed by atoms with van der Waals surface area (Å²) in [6.07, 6.45) is 3.73. The number of carbonyl (C=O) groups excluding carboxylic acids is 1. The molecule has 0 bridgehead atoms. The molecule has 1 aromatic rings. The molecule has 0 saturated heterocycles. The van der Waals surface area contributed by atoms with Crippen molar-refractivity contribution in [1.29, 1.82) is 0 Å². The smallest absolute Gasteiger partial charge is 0.235 e. The molecule has 1 N–H and O–H groups in total. The van der Waals surface area contributed by atoms with E-state index in [1.54, 1.807) is 0 Å². The van der Waals surface area contributed by atoms with Gasteiger partial charge in [-0.15, -0.1) is 0 Å². The highest BCUT2D eigenvalue weighted by molar-refractivity contribution is 5.41. The van der Waals surface area contributed by atoms with Crippen molar-refractivity contribution in [2.75, 3.05) is 0 Å². The van der Waals surface area contributed by atoms with Gasteiger partial charge in [-0.3, -0.25) is 0 Å². The molecule has 1 fully saturated rings.